The number of pyridine rings is 1. The van der Waals surface area contributed by atoms with Crippen LogP contribution in [-0.4, -0.2) is 31.3 Å². The number of fused-ring (bicyclic) bond motifs is 1. The molecule has 0 saturated carbocycles. The Kier molecular flexibility index (Phi) is 6.66. The number of benzene rings is 3. The Bertz CT molecular complexity index is 1560. The number of hydrogen-bond acceptors (Lipinski definition) is 5. The molecule has 1 aromatic heterocycles. The highest BCUT2D eigenvalue weighted by Crippen LogP contribution is 2.27. The number of rotatable bonds is 6. The van der Waals surface area contributed by atoms with Crippen LogP contribution in [0.1, 0.15) is 34.0 Å². The number of para-hydroxylation sites is 1. The van der Waals surface area contributed by atoms with Crippen LogP contribution in [0.2, 0.25) is 0 Å². The van der Waals surface area contributed by atoms with Crippen molar-refractivity contribution in [3.63, 3.8) is 0 Å². The molecule has 0 aliphatic carbocycles. The van der Waals surface area contributed by atoms with Crippen LogP contribution in [-0.2, 0) is 10.0 Å². The molecule has 0 unspecified atom stereocenters. The Balaban J connectivity index is 1.63. The van der Waals surface area contributed by atoms with Crippen molar-refractivity contribution in [3.05, 3.63) is 95.1 Å². The van der Waals surface area contributed by atoms with E-state index in [1.165, 1.54) is 0 Å². The highest BCUT2D eigenvalue weighted by molar-refractivity contribution is 7.92. The number of carbonyl (C=O) groups is 1. The first-order valence-electron chi connectivity index (χ1n) is 11.0. The van der Waals surface area contributed by atoms with E-state index < -0.39 is 10.0 Å². The number of nitrogens with one attached hydrogen (secondary N) is 2. The van der Waals surface area contributed by atoms with Gasteiger partial charge in [0.1, 0.15) is 0 Å². The van der Waals surface area contributed by atoms with E-state index in [4.69, 9.17) is 4.98 Å². The van der Waals surface area contributed by atoms with Gasteiger partial charge in [-0.2, -0.15) is 5.10 Å². The maximum Gasteiger partial charge on any atom is 0.272 e. The van der Waals surface area contributed by atoms with Crippen LogP contribution < -0.4 is 10.1 Å². The summed E-state index contributed by atoms with van der Waals surface area (Å²) in [6, 6.07) is 22.2. The van der Waals surface area contributed by atoms with Crippen molar-refractivity contribution in [3.8, 4) is 11.3 Å². The molecule has 2 N–H and O–H groups in total. The zero-order valence-corrected chi connectivity index (χ0v) is 20.8. The summed E-state index contributed by atoms with van der Waals surface area (Å²) in [5, 5.41) is 5.01. The molecule has 0 radical (unpaired) electrons. The summed E-state index contributed by atoms with van der Waals surface area (Å²) >= 11 is 0. The van der Waals surface area contributed by atoms with Gasteiger partial charge in [0.2, 0.25) is 10.0 Å². The molecule has 0 saturated heterocycles. The smallest absolute Gasteiger partial charge is 0.272 e. The number of hydrogen-bond donors (Lipinski definition) is 2. The van der Waals surface area contributed by atoms with Crippen LogP contribution in [0.15, 0.2) is 77.9 Å². The summed E-state index contributed by atoms with van der Waals surface area (Å²) in [7, 11) is -3.35. The molecule has 178 valence electrons. The molecule has 35 heavy (non-hydrogen) atoms. The third-order valence-electron chi connectivity index (χ3n) is 5.55. The first-order valence-corrected chi connectivity index (χ1v) is 12.9. The average Bonchev–Trinajstić information content (AvgIpc) is 2.81. The summed E-state index contributed by atoms with van der Waals surface area (Å²) in [6.45, 7) is 5.84. The molecule has 0 bridgehead atoms. The molecule has 8 heteroatoms. The SMILES string of the molecule is CC(=NNC(=O)c1cc(-c2ccc(C)cc2C)nc2ccccc12)c1ccc(NS(C)(=O)=O)cc1. The topological polar surface area (TPSA) is 101 Å². The van der Waals surface area contributed by atoms with Crippen LogP contribution in [0.4, 0.5) is 5.69 Å². The maximum atomic E-state index is 13.2. The van der Waals surface area contributed by atoms with Crippen molar-refractivity contribution in [1.29, 1.82) is 0 Å². The normalized spacial score (nSPS) is 11.9. The third kappa shape index (κ3) is 5.73. The maximum absolute atomic E-state index is 13.2. The number of anilines is 1. The van der Waals surface area contributed by atoms with Crippen LogP contribution in [0.5, 0.6) is 0 Å². The van der Waals surface area contributed by atoms with E-state index in [-0.39, 0.29) is 5.91 Å². The van der Waals surface area contributed by atoms with Gasteiger partial charge in [0, 0.05) is 16.6 Å². The predicted octanol–water partition coefficient (Wildman–Crippen LogP) is 5.04. The third-order valence-corrected chi connectivity index (χ3v) is 6.16. The second-order valence-electron chi connectivity index (χ2n) is 8.48. The minimum Gasteiger partial charge on any atom is -0.284 e. The molecule has 0 aliphatic heterocycles. The molecular weight excluding hydrogens is 460 g/mol. The molecule has 0 fully saturated rings. The van der Waals surface area contributed by atoms with E-state index in [2.05, 4.69) is 21.3 Å². The molecule has 7 nitrogen and oxygen atoms in total. The fourth-order valence-corrected chi connectivity index (χ4v) is 4.42. The minimum absolute atomic E-state index is 0.343. The van der Waals surface area contributed by atoms with E-state index >= 15 is 0 Å². The van der Waals surface area contributed by atoms with Crippen molar-refractivity contribution >= 4 is 38.2 Å². The Morgan fingerprint density at radius 1 is 0.943 bits per heavy atom. The van der Waals surface area contributed by atoms with Crippen molar-refractivity contribution < 1.29 is 13.2 Å². The van der Waals surface area contributed by atoms with Crippen molar-refractivity contribution in [2.24, 2.45) is 5.10 Å². The van der Waals surface area contributed by atoms with Gasteiger partial charge < -0.3 is 0 Å². The Morgan fingerprint density at radius 3 is 2.34 bits per heavy atom. The molecule has 0 atom stereocenters. The van der Waals surface area contributed by atoms with Gasteiger partial charge in [-0.15, -0.1) is 0 Å². The first kappa shape index (κ1) is 24.1. The zero-order chi connectivity index (χ0) is 25.2. The minimum atomic E-state index is -3.35. The second-order valence-corrected chi connectivity index (χ2v) is 10.2. The van der Waals surface area contributed by atoms with Gasteiger partial charge in [0.15, 0.2) is 0 Å². The number of sulfonamides is 1. The lowest BCUT2D eigenvalue weighted by atomic mass is 9.99. The monoisotopic (exact) mass is 486 g/mol. The number of amides is 1. The molecule has 0 spiro atoms. The van der Waals surface area contributed by atoms with Gasteiger partial charge in [0.25, 0.3) is 5.91 Å². The Labute approximate surface area is 205 Å². The molecule has 1 amide bonds. The number of aryl methyl sites for hydroxylation is 2. The molecular formula is C27H26N4O3S. The van der Waals surface area contributed by atoms with Crippen LogP contribution >= 0.6 is 0 Å². The number of nitrogens with zero attached hydrogens (tertiary/aromatic N) is 2. The van der Waals surface area contributed by atoms with E-state index in [1.807, 2.05) is 50.2 Å². The fraction of sp³-hybridized carbons (Fsp3) is 0.148. The molecule has 3 aromatic carbocycles. The second kappa shape index (κ2) is 9.68. The summed E-state index contributed by atoms with van der Waals surface area (Å²) < 4.78 is 25.2. The highest BCUT2D eigenvalue weighted by Gasteiger charge is 2.15. The fourth-order valence-electron chi connectivity index (χ4n) is 3.86. The van der Waals surface area contributed by atoms with Gasteiger partial charge in [0.05, 0.1) is 28.7 Å². The van der Waals surface area contributed by atoms with Crippen molar-refractivity contribution in [2.45, 2.75) is 20.8 Å². The number of carbonyl (C=O) groups excluding carboxylic acids is 1. The van der Waals surface area contributed by atoms with E-state index in [9.17, 15) is 13.2 Å². The number of hydrazone groups is 1. The van der Waals surface area contributed by atoms with Crippen molar-refractivity contribution in [2.75, 3.05) is 11.0 Å². The van der Waals surface area contributed by atoms with Crippen LogP contribution in [0.3, 0.4) is 0 Å². The van der Waals surface area contributed by atoms with Gasteiger partial charge in [-0.1, -0.05) is 54.1 Å². The van der Waals surface area contributed by atoms with E-state index in [1.54, 1.807) is 37.3 Å². The summed E-state index contributed by atoms with van der Waals surface area (Å²) in [5.41, 5.74) is 9.59. The van der Waals surface area contributed by atoms with Crippen LogP contribution in [0, 0.1) is 13.8 Å². The lowest BCUT2D eigenvalue weighted by Crippen LogP contribution is -2.20. The zero-order valence-electron chi connectivity index (χ0n) is 20.0. The van der Waals surface area contributed by atoms with Gasteiger partial charge in [-0.25, -0.2) is 18.8 Å². The molecule has 4 rings (SSSR count). The summed E-state index contributed by atoms with van der Waals surface area (Å²) in [4.78, 5) is 18.0. The molecule has 0 aliphatic rings. The Morgan fingerprint density at radius 2 is 1.66 bits per heavy atom. The van der Waals surface area contributed by atoms with E-state index in [0.29, 0.717) is 17.0 Å². The number of aromatic nitrogens is 1. The lowest BCUT2D eigenvalue weighted by Gasteiger charge is -2.11. The predicted molar refractivity (Wildman–Crippen MR) is 141 cm³/mol. The largest absolute Gasteiger partial charge is 0.284 e. The van der Waals surface area contributed by atoms with Gasteiger partial charge >= 0.3 is 0 Å². The highest BCUT2D eigenvalue weighted by atomic mass is 32.2. The van der Waals surface area contributed by atoms with E-state index in [0.717, 1.165) is 45.1 Å². The summed E-state index contributed by atoms with van der Waals surface area (Å²) in [6.07, 6.45) is 1.09. The standard InChI is InChI=1S/C27H26N4O3S/c1-17-9-14-22(18(2)15-17)26-16-24(23-7-5-6-8-25(23)28-26)27(32)30-29-19(3)20-10-12-21(13-11-20)31-35(4,33)34/h5-16,31H,1-4H3,(H,30,32). The quantitative estimate of drug-likeness (QED) is 0.294. The molecule has 4 aromatic rings. The van der Waals surface area contributed by atoms with Gasteiger partial charge in [-0.3, -0.25) is 9.52 Å². The lowest BCUT2D eigenvalue weighted by molar-refractivity contribution is 0.0956. The first-order chi connectivity index (χ1) is 16.6. The van der Waals surface area contributed by atoms with Crippen LogP contribution in [0.25, 0.3) is 22.2 Å². The average molecular weight is 487 g/mol. The Hall–Kier alpha value is -4.04. The molecule has 1 heterocycles. The summed E-state index contributed by atoms with van der Waals surface area (Å²) in [5.74, 6) is -0.343. The van der Waals surface area contributed by atoms with Gasteiger partial charge in [-0.05, 0) is 56.2 Å². The van der Waals surface area contributed by atoms with Crippen molar-refractivity contribution in [1.82, 2.24) is 10.4 Å².